The Balaban J connectivity index is 1.82. The zero-order valence-electron chi connectivity index (χ0n) is 13.8. The molecule has 0 radical (unpaired) electrons. The monoisotopic (exact) mass is 308 g/mol. The van der Waals surface area contributed by atoms with Crippen LogP contribution >= 0.6 is 0 Å². The molecule has 2 aromatic carbocycles. The number of nitrogens with one attached hydrogen (secondary N) is 1. The minimum absolute atomic E-state index is 0.0976. The van der Waals surface area contributed by atoms with Crippen molar-refractivity contribution in [3.63, 3.8) is 0 Å². The molecule has 1 aliphatic rings. The molecule has 3 rings (SSSR count). The van der Waals surface area contributed by atoms with Crippen molar-refractivity contribution in [3.05, 3.63) is 71.8 Å². The summed E-state index contributed by atoms with van der Waals surface area (Å²) in [4.78, 5) is 15.0. The zero-order chi connectivity index (χ0) is 16.3. The van der Waals surface area contributed by atoms with Crippen LogP contribution in [0.5, 0.6) is 0 Å². The minimum atomic E-state index is -0.498. The molecule has 2 aromatic rings. The highest BCUT2D eigenvalue weighted by atomic mass is 16.2. The number of rotatable bonds is 4. The van der Waals surface area contributed by atoms with Gasteiger partial charge in [0.25, 0.3) is 0 Å². The third kappa shape index (κ3) is 3.45. The highest BCUT2D eigenvalue weighted by molar-refractivity contribution is 5.86. The van der Waals surface area contributed by atoms with Gasteiger partial charge in [-0.3, -0.25) is 4.79 Å². The van der Waals surface area contributed by atoms with E-state index in [0.717, 1.165) is 19.5 Å². The molecule has 1 atom stereocenters. The van der Waals surface area contributed by atoms with Gasteiger partial charge in [-0.2, -0.15) is 0 Å². The van der Waals surface area contributed by atoms with Gasteiger partial charge in [-0.15, -0.1) is 0 Å². The Bertz CT molecular complexity index is 652. The number of carbonyl (C=O) groups is 1. The van der Waals surface area contributed by atoms with Crippen molar-refractivity contribution in [1.82, 2.24) is 10.2 Å². The summed E-state index contributed by atoms with van der Waals surface area (Å²) in [5.74, 6) is 0.175. The van der Waals surface area contributed by atoms with Crippen molar-refractivity contribution in [2.45, 2.75) is 31.8 Å². The van der Waals surface area contributed by atoms with Crippen LogP contribution in [-0.2, 0) is 11.2 Å². The predicted octanol–water partition coefficient (Wildman–Crippen LogP) is 3.18. The van der Waals surface area contributed by atoms with Crippen LogP contribution in [-0.4, -0.2) is 29.4 Å². The maximum Gasteiger partial charge on any atom is 0.242 e. The van der Waals surface area contributed by atoms with Crippen LogP contribution in [0.15, 0.2) is 60.7 Å². The lowest BCUT2D eigenvalue weighted by atomic mass is 9.93. The van der Waals surface area contributed by atoms with Crippen LogP contribution in [0.25, 0.3) is 0 Å². The lowest BCUT2D eigenvalue weighted by Gasteiger charge is -2.44. The van der Waals surface area contributed by atoms with E-state index in [0.29, 0.717) is 0 Å². The molecule has 1 unspecified atom stereocenters. The fourth-order valence-electron chi connectivity index (χ4n) is 3.16. The van der Waals surface area contributed by atoms with Crippen molar-refractivity contribution in [2.24, 2.45) is 0 Å². The Morgan fingerprint density at radius 3 is 2.30 bits per heavy atom. The summed E-state index contributed by atoms with van der Waals surface area (Å²) in [5, 5.41) is 3.39. The van der Waals surface area contributed by atoms with E-state index in [2.05, 4.69) is 29.6 Å². The Kier molecular flexibility index (Phi) is 4.49. The molecule has 1 aliphatic heterocycles. The SMILES string of the molecule is CC1(C)NCC(c2ccccc2)N(CCc2ccccc2)C1=O. The highest BCUT2D eigenvalue weighted by Crippen LogP contribution is 2.28. The second kappa shape index (κ2) is 6.55. The maximum atomic E-state index is 12.9. The van der Waals surface area contributed by atoms with Crippen LogP contribution in [0.4, 0.5) is 0 Å². The summed E-state index contributed by atoms with van der Waals surface area (Å²) in [7, 11) is 0. The Morgan fingerprint density at radius 2 is 1.65 bits per heavy atom. The van der Waals surface area contributed by atoms with Crippen LogP contribution in [0, 0.1) is 0 Å². The Labute approximate surface area is 138 Å². The average Bonchev–Trinajstić information content (AvgIpc) is 2.58. The number of carbonyl (C=O) groups excluding carboxylic acids is 1. The van der Waals surface area contributed by atoms with Gasteiger partial charge in [0.1, 0.15) is 0 Å². The van der Waals surface area contributed by atoms with Gasteiger partial charge in [0, 0.05) is 13.1 Å². The van der Waals surface area contributed by atoms with Gasteiger partial charge in [0.2, 0.25) is 5.91 Å². The van der Waals surface area contributed by atoms with Gasteiger partial charge in [-0.05, 0) is 31.4 Å². The zero-order valence-corrected chi connectivity index (χ0v) is 13.8. The van der Waals surface area contributed by atoms with E-state index in [4.69, 9.17) is 0 Å². The summed E-state index contributed by atoms with van der Waals surface area (Å²) in [5.41, 5.74) is 1.96. The highest BCUT2D eigenvalue weighted by Gasteiger charge is 2.40. The quantitative estimate of drug-likeness (QED) is 0.941. The summed E-state index contributed by atoms with van der Waals surface area (Å²) in [6, 6.07) is 20.8. The maximum absolute atomic E-state index is 12.9. The molecule has 23 heavy (non-hydrogen) atoms. The van der Waals surface area contributed by atoms with E-state index in [-0.39, 0.29) is 11.9 Å². The van der Waals surface area contributed by atoms with Gasteiger partial charge >= 0.3 is 0 Å². The van der Waals surface area contributed by atoms with Crippen LogP contribution in [0.3, 0.4) is 0 Å². The van der Waals surface area contributed by atoms with Gasteiger partial charge in [0.15, 0.2) is 0 Å². The van der Waals surface area contributed by atoms with Gasteiger partial charge in [0.05, 0.1) is 11.6 Å². The standard InChI is InChI=1S/C20H24N2O/c1-20(2)19(23)22(14-13-16-9-5-3-6-10-16)18(15-21-20)17-11-7-4-8-12-17/h3-12,18,21H,13-15H2,1-2H3. The molecule has 3 heteroatoms. The van der Waals surface area contributed by atoms with Crippen LogP contribution in [0.1, 0.15) is 31.0 Å². The molecule has 1 saturated heterocycles. The molecule has 3 nitrogen and oxygen atoms in total. The Morgan fingerprint density at radius 1 is 1.04 bits per heavy atom. The molecule has 0 bridgehead atoms. The number of hydrogen-bond acceptors (Lipinski definition) is 2. The van der Waals surface area contributed by atoms with E-state index >= 15 is 0 Å². The lowest BCUT2D eigenvalue weighted by Crippen LogP contribution is -2.62. The third-order valence-corrected chi connectivity index (χ3v) is 4.58. The minimum Gasteiger partial charge on any atom is -0.332 e. The first-order valence-corrected chi connectivity index (χ1v) is 8.23. The number of nitrogens with zero attached hydrogens (tertiary/aromatic N) is 1. The lowest BCUT2D eigenvalue weighted by molar-refractivity contribution is -0.143. The first-order chi connectivity index (χ1) is 11.1. The Hall–Kier alpha value is -2.13. The van der Waals surface area contributed by atoms with E-state index in [1.807, 2.05) is 55.1 Å². The number of benzene rings is 2. The summed E-state index contributed by atoms with van der Waals surface area (Å²) in [6.45, 7) is 5.46. The molecule has 1 N–H and O–H groups in total. The molecule has 1 heterocycles. The fraction of sp³-hybridized carbons (Fsp3) is 0.350. The van der Waals surface area contributed by atoms with Crippen molar-refractivity contribution < 1.29 is 4.79 Å². The topological polar surface area (TPSA) is 32.3 Å². The number of piperazine rings is 1. The molecule has 1 fully saturated rings. The van der Waals surface area contributed by atoms with Gasteiger partial charge in [-0.25, -0.2) is 0 Å². The van der Waals surface area contributed by atoms with Gasteiger partial charge in [-0.1, -0.05) is 60.7 Å². The largest absolute Gasteiger partial charge is 0.332 e. The molecule has 120 valence electrons. The molecule has 0 saturated carbocycles. The molecule has 0 aromatic heterocycles. The first-order valence-electron chi connectivity index (χ1n) is 8.23. The molecule has 0 spiro atoms. The molecular weight excluding hydrogens is 284 g/mol. The average molecular weight is 308 g/mol. The third-order valence-electron chi connectivity index (χ3n) is 4.58. The first kappa shape index (κ1) is 15.8. The second-order valence-corrected chi connectivity index (χ2v) is 6.67. The number of hydrogen-bond donors (Lipinski definition) is 1. The van der Waals surface area contributed by atoms with E-state index < -0.39 is 5.54 Å². The summed E-state index contributed by atoms with van der Waals surface area (Å²) in [6.07, 6.45) is 0.881. The number of amides is 1. The fourth-order valence-corrected chi connectivity index (χ4v) is 3.16. The smallest absolute Gasteiger partial charge is 0.242 e. The van der Waals surface area contributed by atoms with Crippen LogP contribution < -0.4 is 5.32 Å². The van der Waals surface area contributed by atoms with Crippen molar-refractivity contribution in [2.75, 3.05) is 13.1 Å². The van der Waals surface area contributed by atoms with Gasteiger partial charge < -0.3 is 10.2 Å². The van der Waals surface area contributed by atoms with E-state index in [1.54, 1.807) is 0 Å². The van der Waals surface area contributed by atoms with E-state index in [9.17, 15) is 4.79 Å². The normalized spacial score (nSPS) is 20.5. The van der Waals surface area contributed by atoms with Crippen LogP contribution in [0.2, 0.25) is 0 Å². The summed E-state index contributed by atoms with van der Waals surface area (Å²) >= 11 is 0. The molecular formula is C20H24N2O. The predicted molar refractivity (Wildman–Crippen MR) is 93.1 cm³/mol. The van der Waals surface area contributed by atoms with Crippen molar-refractivity contribution in [3.8, 4) is 0 Å². The summed E-state index contributed by atoms with van der Waals surface area (Å²) < 4.78 is 0. The van der Waals surface area contributed by atoms with Crippen molar-refractivity contribution >= 4 is 5.91 Å². The second-order valence-electron chi connectivity index (χ2n) is 6.67. The molecule has 1 amide bonds. The molecule has 0 aliphatic carbocycles. The van der Waals surface area contributed by atoms with E-state index in [1.165, 1.54) is 11.1 Å². The van der Waals surface area contributed by atoms with Crippen molar-refractivity contribution in [1.29, 1.82) is 0 Å².